The molecule has 0 heterocycles. The van der Waals surface area contributed by atoms with Crippen molar-refractivity contribution < 1.29 is 19.1 Å². The van der Waals surface area contributed by atoms with Gasteiger partial charge in [0.05, 0.1) is 13.2 Å². The van der Waals surface area contributed by atoms with Crippen molar-refractivity contribution in [2.45, 2.75) is 52.0 Å². The van der Waals surface area contributed by atoms with Crippen molar-refractivity contribution in [1.82, 2.24) is 5.32 Å². The third-order valence-electron chi connectivity index (χ3n) is 3.06. The van der Waals surface area contributed by atoms with E-state index < -0.39 is 11.9 Å². The van der Waals surface area contributed by atoms with Gasteiger partial charge >= 0.3 is 11.9 Å². The normalized spacial score (nSPS) is 15.5. The highest BCUT2D eigenvalue weighted by Gasteiger charge is 2.22. The highest BCUT2D eigenvalue weighted by molar-refractivity contribution is 6.13. The van der Waals surface area contributed by atoms with Gasteiger partial charge in [-0.3, -0.25) is 0 Å². The van der Waals surface area contributed by atoms with E-state index in [9.17, 15) is 9.59 Å². The van der Waals surface area contributed by atoms with Crippen molar-refractivity contribution >= 4 is 11.9 Å². The van der Waals surface area contributed by atoms with Crippen molar-refractivity contribution in [2.24, 2.45) is 0 Å². The first kappa shape index (κ1) is 15.5. The molecular weight excluding hydrogens is 246 g/mol. The van der Waals surface area contributed by atoms with E-state index in [2.05, 4.69) is 5.32 Å². The molecule has 0 aliphatic heterocycles. The van der Waals surface area contributed by atoms with Crippen molar-refractivity contribution in [3.63, 3.8) is 0 Å². The van der Waals surface area contributed by atoms with Crippen molar-refractivity contribution in [3.05, 3.63) is 11.8 Å². The summed E-state index contributed by atoms with van der Waals surface area (Å²) in [6.07, 6.45) is 7.20. The summed E-state index contributed by atoms with van der Waals surface area (Å²) >= 11 is 0. The Balaban J connectivity index is 2.64. The van der Waals surface area contributed by atoms with Crippen LogP contribution in [0.1, 0.15) is 46.0 Å². The van der Waals surface area contributed by atoms with Crippen LogP contribution in [-0.2, 0) is 19.1 Å². The van der Waals surface area contributed by atoms with E-state index in [0.29, 0.717) is 6.04 Å². The van der Waals surface area contributed by atoms with Crippen molar-refractivity contribution in [1.29, 1.82) is 0 Å². The first-order valence-electron chi connectivity index (χ1n) is 6.99. The molecule has 0 aromatic heterocycles. The summed E-state index contributed by atoms with van der Waals surface area (Å²) < 4.78 is 9.73. The third-order valence-corrected chi connectivity index (χ3v) is 3.06. The summed E-state index contributed by atoms with van der Waals surface area (Å²) in [7, 11) is 0. The molecule has 5 heteroatoms. The molecule has 1 rings (SSSR count). The first-order valence-corrected chi connectivity index (χ1v) is 6.99. The molecule has 0 bridgehead atoms. The van der Waals surface area contributed by atoms with Gasteiger partial charge in [0.15, 0.2) is 5.57 Å². The van der Waals surface area contributed by atoms with Crippen LogP contribution in [0.5, 0.6) is 0 Å². The molecule has 1 fully saturated rings. The van der Waals surface area contributed by atoms with E-state index in [1.165, 1.54) is 25.5 Å². The summed E-state index contributed by atoms with van der Waals surface area (Å²) in [6.45, 7) is 3.88. The molecule has 0 unspecified atom stereocenters. The van der Waals surface area contributed by atoms with E-state index in [1.54, 1.807) is 13.8 Å². The number of esters is 2. The number of nitrogens with one attached hydrogen (secondary N) is 1. The summed E-state index contributed by atoms with van der Waals surface area (Å²) in [5.41, 5.74) is -0.0609. The average Bonchev–Trinajstić information content (AvgIpc) is 2.41. The quantitative estimate of drug-likeness (QED) is 0.345. The molecule has 5 nitrogen and oxygen atoms in total. The fraction of sp³-hybridized carbons (Fsp3) is 0.714. The lowest BCUT2D eigenvalue weighted by atomic mass is 9.96. The van der Waals surface area contributed by atoms with Crippen molar-refractivity contribution in [3.8, 4) is 0 Å². The maximum atomic E-state index is 11.7. The second kappa shape index (κ2) is 8.56. The van der Waals surface area contributed by atoms with Crippen molar-refractivity contribution in [2.75, 3.05) is 13.2 Å². The zero-order valence-electron chi connectivity index (χ0n) is 11.7. The molecular formula is C14H23NO4. The first-order chi connectivity index (χ1) is 9.19. The van der Waals surface area contributed by atoms with Crippen LogP contribution in [0.25, 0.3) is 0 Å². The van der Waals surface area contributed by atoms with Gasteiger partial charge < -0.3 is 14.8 Å². The average molecular weight is 269 g/mol. The minimum Gasteiger partial charge on any atom is -0.462 e. The zero-order chi connectivity index (χ0) is 14.1. The van der Waals surface area contributed by atoms with Gasteiger partial charge in [-0.15, -0.1) is 0 Å². The lowest BCUT2D eigenvalue weighted by Gasteiger charge is -2.22. The Kier molecular flexibility index (Phi) is 7.00. The van der Waals surface area contributed by atoms with E-state index >= 15 is 0 Å². The van der Waals surface area contributed by atoms with Crippen LogP contribution >= 0.6 is 0 Å². The lowest BCUT2D eigenvalue weighted by molar-refractivity contribution is -0.146. The molecule has 0 atom stereocenters. The Morgan fingerprint density at radius 2 is 1.58 bits per heavy atom. The summed E-state index contributed by atoms with van der Waals surface area (Å²) in [5, 5.41) is 3.14. The molecule has 0 saturated heterocycles. The van der Waals surface area contributed by atoms with Crippen LogP contribution in [0.4, 0.5) is 0 Å². The standard InChI is InChI=1S/C14H23NO4/c1-3-18-13(16)12(14(17)19-4-2)10-15-11-8-6-5-7-9-11/h10-11,15H,3-9H2,1-2H3. The van der Waals surface area contributed by atoms with Gasteiger partial charge in [-0.1, -0.05) is 19.3 Å². The number of carbonyl (C=O) groups excluding carboxylic acids is 2. The van der Waals surface area contributed by atoms with Crippen LogP contribution in [-0.4, -0.2) is 31.2 Å². The molecule has 0 aromatic carbocycles. The summed E-state index contributed by atoms with van der Waals surface area (Å²) in [5.74, 6) is -1.27. The second-order valence-corrected chi connectivity index (χ2v) is 4.50. The van der Waals surface area contributed by atoms with Gasteiger partial charge in [0, 0.05) is 12.2 Å². The third kappa shape index (κ3) is 5.32. The van der Waals surface area contributed by atoms with E-state index in [-0.39, 0.29) is 18.8 Å². The summed E-state index contributed by atoms with van der Waals surface area (Å²) in [6, 6.07) is 0.326. The monoisotopic (exact) mass is 269 g/mol. The predicted octanol–water partition coefficient (Wildman–Crippen LogP) is 1.92. The van der Waals surface area contributed by atoms with Crippen LogP contribution in [0.3, 0.4) is 0 Å². The Morgan fingerprint density at radius 1 is 1.05 bits per heavy atom. The smallest absolute Gasteiger partial charge is 0.347 e. The second-order valence-electron chi connectivity index (χ2n) is 4.50. The van der Waals surface area contributed by atoms with E-state index in [4.69, 9.17) is 9.47 Å². The Labute approximate surface area is 114 Å². The molecule has 0 spiro atoms. The molecule has 1 saturated carbocycles. The highest BCUT2D eigenvalue weighted by atomic mass is 16.6. The largest absolute Gasteiger partial charge is 0.462 e. The van der Waals surface area contributed by atoms with E-state index in [0.717, 1.165) is 12.8 Å². The Bertz CT molecular complexity index is 312. The summed E-state index contributed by atoms with van der Waals surface area (Å²) in [4.78, 5) is 23.4. The Morgan fingerprint density at radius 3 is 2.05 bits per heavy atom. The molecule has 0 radical (unpaired) electrons. The number of rotatable bonds is 6. The van der Waals surface area contributed by atoms with Gasteiger partial charge in [0.25, 0.3) is 0 Å². The predicted molar refractivity (Wildman–Crippen MR) is 71.4 cm³/mol. The fourth-order valence-corrected chi connectivity index (χ4v) is 2.09. The fourth-order valence-electron chi connectivity index (χ4n) is 2.09. The highest BCUT2D eigenvalue weighted by Crippen LogP contribution is 2.17. The van der Waals surface area contributed by atoms with Gasteiger partial charge in [-0.05, 0) is 26.7 Å². The molecule has 1 N–H and O–H groups in total. The molecule has 108 valence electrons. The van der Waals surface area contributed by atoms with Gasteiger partial charge in [-0.25, -0.2) is 9.59 Å². The molecule has 1 aliphatic rings. The number of carbonyl (C=O) groups is 2. The molecule has 0 amide bonds. The van der Waals surface area contributed by atoms with Crippen LogP contribution in [0.2, 0.25) is 0 Å². The lowest BCUT2D eigenvalue weighted by Crippen LogP contribution is -2.29. The van der Waals surface area contributed by atoms with Crippen LogP contribution in [0.15, 0.2) is 11.8 Å². The van der Waals surface area contributed by atoms with Crippen LogP contribution < -0.4 is 5.32 Å². The maximum absolute atomic E-state index is 11.7. The van der Waals surface area contributed by atoms with E-state index in [1.807, 2.05) is 0 Å². The molecule has 19 heavy (non-hydrogen) atoms. The SMILES string of the molecule is CCOC(=O)C(=CNC1CCCCC1)C(=O)OCC. The molecule has 1 aliphatic carbocycles. The van der Waals surface area contributed by atoms with Gasteiger partial charge in [-0.2, -0.15) is 0 Å². The number of hydrogen-bond acceptors (Lipinski definition) is 5. The zero-order valence-corrected chi connectivity index (χ0v) is 11.7. The maximum Gasteiger partial charge on any atom is 0.347 e. The Hall–Kier alpha value is -1.52. The van der Waals surface area contributed by atoms with Crippen LogP contribution in [0, 0.1) is 0 Å². The number of ether oxygens (including phenoxy) is 2. The van der Waals surface area contributed by atoms with Gasteiger partial charge in [0.1, 0.15) is 0 Å². The molecule has 0 aromatic rings. The number of hydrogen-bond donors (Lipinski definition) is 1. The minimum absolute atomic E-state index is 0.0609. The van der Waals surface area contributed by atoms with Gasteiger partial charge in [0.2, 0.25) is 0 Å². The topological polar surface area (TPSA) is 64.6 Å². The minimum atomic E-state index is -0.635.